The molecule has 0 N–H and O–H groups in total. The molecule has 2 bridgehead atoms. The van der Waals surface area contributed by atoms with E-state index in [1.54, 1.807) is 0 Å². The Bertz CT molecular complexity index is 650. The van der Waals surface area contributed by atoms with Gasteiger partial charge in [-0.05, 0) is 50.2 Å². The topological polar surface area (TPSA) is 38.7 Å². The molecule has 2 aromatic rings. The highest BCUT2D eigenvalue weighted by molar-refractivity contribution is 5.04. The molecule has 2 aliphatic heterocycles. The summed E-state index contributed by atoms with van der Waals surface area (Å²) < 4.78 is 0. The summed E-state index contributed by atoms with van der Waals surface area (Å²) >= 11 is 0. The zero-order valence-electron chi connectivity index (χ0n) is 17.5. The fraction of sp³-hybridized carbons (Fsp3) is 0.565. The van der Waals surface area contributed by atoms with Crippen molar-refractivity contribution in [3.8, 4) is 0 Å². The molecule has 29 heavy (non-hydrogen) atoms. The molecule has 156 valence electrons. The van der Waals surface area contributed by atoms with Crippen LogP contribution in [0.3, 0.4) is 0 Å². The van der Waals surface area contributed by atoms with Crippen LogP contribution in [0.4, 0.5) is 0 Å². The minimum absolute atomic E-state index is 0.943. The maximum Gasteiger partial charge on any atom is 0.0543 e. The van der Waals surface area contributed by atoms with Crippen molar-refractivity contribution in [3.05, 3.63) is 60.2 Å². The first-order valence-electron chi connectivity index (χ1n) is 11.0. The zero-order chi connectivity index (χ0) is 19.7. The molecule has 0 amide bonds. The molecule has 0 saturated carbocycles. The van der Waals surface area contributed by atoms with Gasteiger partial charge in [0, 0.05) is 64.8 Å². The van der Waals surface area contributed by atoms with Crippen molar-refractivity contribution in [2.24, 2.45) is 0 Å². The Morgan fingerprint density at radius 3 is 1.59 bits per heavy atom. The van der Waals surface area contributed by atoms with Crippen LogP contribution in [-0.2, 0) is 13.1 Å². The Balaban J connectivity index is 1.41. The molecule has 4 rings (SSSR count). The average Bonchev–Trinajstić information content (AvgIpc) is 2.76. The Morgan fingerprint density at radius 1 is 0.586 bits per heavy atom. The van der Waals surface area contributed by atoms with Crippen LogP contribution in [0.25, 0.3) is 0 Å². The SMILES string of the molecule is c1ccc(CN2CCCN(Cc3ccccn3)CCN3CCCN(CC2)C3)nc1. The second kappa shape index (κ2) is 10.8. The Morgan fingerprint density at radius 2 is 1.10 bits per heavy atom. The van der Waals surface area contributed by atoms with Crippen molar-refractivity contribution in [1.29, 1.82) is 0 Å². The summed E-state index contributed by atoms with van der Waals surface area (Å²) in [4.78, 5) is 19.5. The fourth-order valence-electron chi connectivity index (χ4n) is 4.37. The van der Waals surface area contributed by atoms with Crippen LogP contribution >= 0.6 is 0 Å². The molecule has 0 aromatic carbocycles. The molecule has 2 saturated heterocycles. The maximum atomic E-state index is 4.55. The van der Waals surface area contributed by atoms with Gasteiger partial charge >= 0.3 is 0 Å². The van der Waals surface area contributed by atoms with Crippen molar-refractivity contribution in [3.63, 3.8) is 0 Å². The van der Waals surface area contributed by atoms with E-state index in [-0.39, 0.29) is 0 Å². The standard InChI is InChI=1S/C23H34N6/c1-3-9-24-22(7-1)19-26-11-5-12-27(20-23-8-2-4-10-25-23)16-18-29-14-6-13-28(21-29)17-15-26/h1-4,7-10H,5-6,11-21H2. The van der Waals surface area contributed by atoms with Gasteiger partial charge in [-0.15, -0.1) is 0 Å². The molecule has 6 heteroatoms. The van der Waals surface area contributed by atoms with Gasteiger partial charge in [0.15, 0.2) is 0 Å². The van der Waals surface area contributed by atoms with Gasteiger partial charge in [0.1, 0.15) is 0 Å². The first kappa shape index (κ1) is 20.4. The average molecular weight is 395 g/mol. The molecule has 2 fully saturated rings. The molecule has 2 aliphatic rings. The third kappa shape index (κ3) is 6.57. The molecule has 0 aliphatic carbocycles. The summed E-state index contributed by atoms with van der Waals surface area (Å²) in [6, 6.07) is 12.5. The molecule has 2 unspecified atom stereocenters. The van der Waals surface area contributed by atoms with Crippen molar-refractivity contribution < 1.29 is 0 Å². The first-order valence-corrected chi connectivity index (χ1v) is 11.0. The highest BCUT2D eigenvalue weighted by Gasteiger charge is 2.20. The van der Waals surface area contributed by atoms with E-state index in [0.29, 0.717) is 0 Å². The van der Waals surface area contributed by atoms with Gasteiger partial charge in [-0.2, -0.15) is 0 Å². The lowest BCUT2D eigenvalue weighted by Gasteiger charge is -2.38. The predicted molar refractivity (Wildman–Crippen MR) is 116 cm³/mol. The number of fused-ring (bicyclic) bond motifs is 2. The highest BCUT2D eigenvalue weighted by atomic mass is 15.3. The highest BCUT2D eigenvalue weighted by Crippen LogP contribution is 2.11. The van der Waals surface area contributed by atoms with Gasteiger partial charge in [0.05, 0.1) is 18.1 Å². The van der Waals surface area contributed by atoms with Gasteiger partial charge in [0.2, 0.25) is 0 Å². The second-order valence-corrected chi connectivity index (χ2v) is 8.28. The number of aromatic nitrogens is 2. The Hall–Kier alpha value is -1.86. The molecule has 0 spiro atoms. The number of rotatable bonds is 4. The third-order valence-corrected chi connectivity index (χ3v) is 5.99. The lowest BCUT2D eigenvalue weighted by molar-refractivity contribution is 0.0594. The molecular weight excluding hydrogens is 360 g/mol. The van der Waals surface area contributed by atoms with E-state index in [2.05, 4.69) is 53.8 Å². The van der Waals surface area contributed by atoms with Crippen LogP contribution < -0.4 is 0 Å². The molecule has 4 heterocycles. The van der Waals surface area contributed by atoms with E-state index in [9.17, 15) is 0 Å². The van der Waals surface area contributed by atoms with Crippen LogP contribution in [0.1, 0.15) is 24.2 Å². The molecule has 2 aromatic heterocycles. The van der Waals surface area contributed by atoms with Gasteiger partial charge < -0.3 is 0 Å². The van der Waals surface area contributed by atoms with Crippen molar-refractivity contribution in [1.82, 2.24) is 29.6 Å². The first-order chi connectivity index (χ1) is 14.3. The van der Waals surface area contributed by atoms with Crippen molar-refractivity contribution in [2.45, 2.75) is 25.9 Å². The second-order valence-electron chi connectivity index (χ2n) is 8.28. The molecular formula is C23H34N6. The Labute approximate surface area is 175 Å². The number of nitrogens with zero attached hydrogens (tertiary/aromatic N) is 6. The molecule has 6 nitrogen and oxygen atoms in total. The van der Waals surface area contributed by atoms with Gasteiger partial charge in [-0.3, -0.25) is 29.6 Å². The van der Waals surface area contributed by atoms with E-state index in [1.807, 2.05) is 24.5 Å². The smallest absolute Gasteiger partial charge is 0.0543 e. The van der Waals surface area contributed by atoms with E-state index >= 15 is 0 Å². The quantitative estimate of drug-likeness (QED) is 0.791. The lowest BCUT2D eigenvalue weighted by Crippen LogP contribution is -2.50. The maximum absolute atomic E-state index is 4.55. The number of pyridine rings is 2. The van der Waals surface area contributed by atoms with E-state index < -0.39 is 0 Å². The van der Waals surface area contributed by atoms with Crippen LogP contribution in [0.2, 0.25) is 0 Å². The summed E-state index contributed by atoms with van der Waals surface area (Å²) in [7, 11) is 0. The van der Waals surface area contributed by atoms with Crippen LogP contribution in [0, 0.1) is 0 Å². The normalized spacial score (nSPS) is 25.1. The van der Waals surface area contributed by atoms with Crippen molar-refractivity contribution >= 4 is 0 Å². The minimum atomic E-state index is 0.943. The van der Waals surface area contributed by atoms with Gasteiger partial charge in [-0.1, -0.05) is 12.1 Å². The van der Waals surface area contributed by atoms with Crippen LogP contribution in [-0.4, -0.2) is 88.6 Å². The van der Waals surface area contributed by atoms with Crippen molar-refractivity contribution in [2.75, 3.05) is 59.0 Å². The van der Waals surface area contributed by atoms with Crippen LogP contribution in [0.5, 0.6) is 0 Å². The van der Waals surface area contributed by atoms with Gasteiger partial charge in [-0.25, -0.2) is 0 Å². The fourth-order valence-corrected chi connectivity index (χ4v) is 4.37. The number of hydrogen-bond donors (Lipinski definition) is 0. The Kier molecular flexibility index (Phi) is 7.59. The van der Waals surface area contributed by atoms with Gasteiger partial charge in [0.25, 0.3) is 0 Å². The van der Waals surface area contributed by atoms with E-state index in [1.165, 1.54) is 37.3 Å². The predicted octanol–water partition coefficient (Wildman–Crippen LogP) is 2.15. The zero-order valence-corrected chi connectivity index (χ0v) is 17.5. The van der Waals surface area contributed by atoms with Crippen LogP contribution in [0.15, 0.2) is 48.8 Å². The summed E-state index contributed by atoms with van der Waals surface area (Å²) in [5, 5.41) is 0. The monoisotopic (exact) mass is 394 g/mol. The molecule has 0 radical (unpaired) electrons. The third-order valence-electron chi connectivity index (χ3n) is 5.99. The number of hydrogen-bond acceptors (Lipinski definition) is 6. The van der Waals surface area contributed by atoms with E-state index in [0.717, 1.165) is 59.0 Å². The largest absolute Gasteiger partial charge is 0.296 e. The summed E-state index contributed by atoms with van der Waals surface area (Å²) in [6.45, 7) is 12.2. The van der Waals surface area contributed by atoms with E-state index in [4.69, 9.17) is 0 Å². The lowest BCUT2D eigenvalue weighted by atomic mass is 10.2. The minimum Gasteiger partial charge on any atom is -0.296 e. The summed E-state index contributed by atoms with van der Waals surface area (Å²) in [5.74, 6) is 0. The summed E-state index contributed by atoms with van der Waals surface area (Å²) in [5.41, 5.74) is 2.34. The summed E-state index contributed by atoms with van der Waals surface area (Å²) in [6.07, 6.45) is 6.27. The molecule has 2 atom stereocenters.